The zero-order valence-corrected chi connectivity index (χ0v) is 19.5. The van der Waals surface area contributed by atoms with Gasteiger partial charge in [-0.1, -0.05) is 56.2 Å². The molecule has 0 fully saturated rings. The largest absolute Gasteiger partial charge is 0.416 e. The molecule has 1 aliphatic rings. The molecule has 0 radical (unpaired) electrons. The van der Waals surface area contributed by atoms with Crippen LogP contribution in [0.3, 0.4) is 0 Å². The van der Waals surface area contributed by atoms with Crippen molar-refractivity contribution in [1.82, 2.24) is 14.5 Å². The second-order valence-electron chi connectivity index (χ2n) is 8.73. The number of hydrogen-bond donors (Lipinski definition) is 0. The van der Waals surface area contributed by atoms with Gasteiger partial charge in [0.1, 0.15) is 0 Å². The molecule has 2 aromatic carbocycles. The maximum absolute atomic E-state index is 13.6. The summed E-state index contributed by atoms with van der Waals surface area (Å²) in [6, 6.07) is 14.9. The standard InChI is InChI=1S/C26H29F3N4O/c1-3-4-8-14-31-17-32(22-13-9-12-21(16-22)26(27,28)29)25-30-19(2)23(24(34)33(25)18-31)15-20-10-6-5-7-11-20/h5-7,9-13,16H,3-4,8,14-15,17-18H2,1-2H3. The van der Waals surface area contributed by atoms with Crippen LogP contribution in [0.2, 0.25) is 0 Å². The SMILES string of the molecule is CCCCCN1CN(c2cccc(C(F)(F)F)c2)c2nc(C)c(Cc3ccccc3)c(=O)n2C1. The first-order valence-corrected chi connectivity index (χ1v) is 11.6. The molecule has 34 heavy (non-hydrogen) atoms. The van der Waals surface area contributed by atoms with E-state index in [-0.39, 0.29) is 5.56 Å². The van der Waals surface area contributed by atoms with Gasteiger partial charge in [-0.3, -0.25) is 19.2 Å². The second kappa shape index (κ2) is 10.0. The van der Waals surface area contributed by atoms with Gasteiger partial charge in [0, 0.05) is 24.2 Å². The van der Waals surface area contributed by atoms with Gasteiger partial charge in [0.2, 0.25) is 5.95 Å². The highest BCUT2D eigenvalue weighted by Gasteiger charge is 2.33. The third-order valence-corrected chi connectivity index (χ3v) is 6.16. The summed E-state index contributed by atoms with van der Waals surface area (Å²) in [6.07, 6.45) is -0.933. The van der Waals surface area contributed by atoms with Crippen molar-refractivity contribution < 1.29 is 13.2 Å². The molecular formula is C26H29F3N4O. The summed E-state index contributed by atoms with van der Waals surface area (Å²) in [5, 5.41) is 0. The van der Waals surface area contributed by atoms with E-state index in [1.807, 2.05) is 30.3 Å². The minimum absolute atomic E-state index is 0.150. The fourth-order valence-electron chi connectivity index (χ4n) is 4.31. The van der Waals surface area contributed by atoms with E-state index < -0.39 is 11.7 Å². The first-order chi connectivity index (χ1) is 16.3. The Kier molecular flexibility index (Phi) is 7.07. The summed E-state index contributed by atoms with van der Waals surface area (Å²) in [4.78, 5) is 22.1. The highest BCUT2D eigenvalue weighted by molar-refractivity contribution is 5.60. The van der Waals surface area contributed by atoms with Crippen molar-refractivity contribution in [2.24, 2.45) is 0 Å². The van der Waals surface area contributed by atoms with Crippen LogP contribution in [-0.4, -0.2) is 27.7 Å². The number of benzene rings is 2. The lowest BCUT2D eigenvalue weighted by molar-refractivity contribution is -0.137. The number of hydrogen-bond acceptors (Lipinski definition) is 4. The minimum atomic E-state index is -4.45. The maximum atomic E-state index is 13.6. The van der Waals surface area contributed by atoms with Gasteiger partial charge in [0.15, 0.2) is 0 Å². The van der Waals surface area contributed by atoms with Crippen molar-refractivity contribution in [2.45, 2.75) is 52.4 Å². The molecule has 0 saturated carbocycles. The topological polar surface area (TPSA) is 41.4 Å². The average molecular weight is 471 g/mol. The summed E-state index contributed by atoms with van der Waals surface area (Å²) in [6.45, 7) is 5.39. The van der Waals surface area contributed by atoms with Crippen LogP contribution in [-0.2, 0) is 19.3 Å². The third-order valence-electron chi connectivity index (χ3n) is 6.16. The van der Waals surface area contributed by atoms with E-state index in [9.17, 15) is 18.0 Å². The van der Waals surface area contributed by atoms with Gasteiger partial charge in [-0.15, -0.1) is 0 Å². The molecule has 0 amide bonds. The number of halogens is 3. The van der Waals surface area contributed by atoms with Crippen LogP contribution in [0.4, 0.5) is 24.8 Å². The van der Waals surface area contributed by atoms with E-state index in [2.05, 4.69) is 11.8 Å². The zero-order valence-electron chi connectivity index (χ0n) is 19.5. The Balaban J connectivity index is 1.78. The molecule has 8 heteroatoms. The molecule has 1 aliphatic heterocycles. The van der Waals surface area contributed by atoms with Crippen molar-refractivity contribution in [1.29, 1.82) is 0 Å². The Morgan fingerprint density at radius 1 is 1.00 bits per heavy atom. The fraction of sp³-hybridized carbons (Fsp3) is 0.385. The number of unbranched alkanes of at least 4 members (excludes halogenated alkanes) is 2. The van der Waals surface area contributed by atoms with Crippen molar-refractivity contribution in [3.05, 3.63) is 87.3 Å². The summed E-state index contributed by atoms with van der Waals surface area (Å²) >= 11 is 0. The van der Waals surface area contributed by atoms with Crippen LogP contribution in [0, 0.1) is 6.92 Å². The fourth-order valence-corrected chi connectivity index (χ4v) is 4.31. The van der Waals surface area contributed by atoms with E-state index in [1.54, 1.807) is 22.5 Å². The smallest absolute Gasteiger partial charge is 0.298 e. The monoisotopic (exact) mass is 470 g/mol. The molecule has 0 saturated heterocycles. The van der Waals surface area contributed by atoms with E-state index in [4.69, 9.17) is 4.98 Å². The van der Waals surface area contributed by atoms with E-state index in [0.29, 0.717) is 42.7 Å². The predicted octanol–water partition coefficient (Wildman–Crippen LogP) is 5.72. The Labute approximate surface area is 197 Å². The Bertz CT molecular complexity index is 1190. The number of fused-ring (bicyclic) bond motifs is 1. The molecule has 0 bridgehead atoms. The van der Waals surface area contributed by atoms with E-state index in [0.717, 1.165) is 43.5 Å². The number of rotatable bonds is 7. The Morgan fingerprint density at radius 2 is 1.76 bits per heavy atom. The zero-order chi connectivity index (χ0) is 24.3. The minimum Gasteiger partial charge on any atom is -0.298 e. The van der Waals surface area contributed by atoms with Gasteiger partial charge in [-0.05, 0) is 37.1 Å². The summed E-state index contributed by atoms with van der Waals surface area (Å²) < 4.78 is 41.8. The number of nitrogens with zero attached hydrogens (tertiary/aromatic N) is 4. The molecule has 2 heterocycles. The van der Waals surface area contributed by atoms with Crippen LogP contribution < -0.4 is 10.5 Å². The van der Waals surface area contributed by atoms with Crippen molar-refractivity contribution >= 4 is 11.6 Å². The number of anilines is 2. The summed E-state index contributed by atoms with van der Waals surface area (Å²) in [5.74, 6) is 0.380. The van der Waals surface area contributed by atoms with Gasteiger partial charge in [-0.2, -0.15) is 13.2 Å². The molecule has 3 aromatic rings. The molecule has 0 unspecified atom stereocenters. The van der Waals surface area contributed by atoms with Crippen molar-refractivity contribution in [2.75, 3.05) is 18.1 Å². The Morgan fingerprint density at radius 3 is 2.47 bits per heavy atom. The summed E-state index contributed by atoms with van der Waals surface area (Å²) in [7, 11) is 0. The molecule has 5 nitrogen and oxygen atoms in total. The molecule has 0 aliphatic carbocycles. The highest BCUT2D eigenvalue weighted by Crippen LogP contribution is 2.34. The lowest BCUT2D eigenvalue weighted by Crippen LogP contribution is -2.48. The van der Waals surface area contributed by atoms with Gasteiger partial charge in [-0.25, -0.2) is 4.98 Å². The highest BCUT2D eigenvalue weighted by atomic mass is 19.4. The van der Waals surface area contributed by atoms with E-state index in [1.165, 1.54) is 6.07 Å². The lowest BCUT2D eigenvalue weighted by Gasteiger charge is -2.38. The first kappa shape index (κ1) is 24.0. The molecular weight excluding hydrogens is 441 g/mol. The van der Waals surface area contributed by atoms with Gasteiger partial charge >= 0.3 is 6.18 Å². The molecule has 0 spiro atoms. The van der Waals surface area contributed by atoms with Crippen LogP contribution in [0.15, 0.2) is 59.4 Å². The van der Waals surface area contributed by atoms with Crippen molar-refractivity contribution in [3.63, 3.8) is 0 Å². The van der Waals surface area contributed by atoms with Gasteiger partial charge < -0.3 is 0 Å². The lowest BCUT2D eigenvalue weighted by atomic mass is 10.1. The third kappa shape index (κ3) is 5.17. The van der Waals surface area contributed by atoms with E-state index >= 15 is 0 Å². The Hall–Kier alpha value is -3.13. The van der Waals surface area contributed by atoms with Crippen LogP contribution in [0.1, 0.15) is 48.6 Å². The number of alkyl halides is 3. The van der Waals surface area contributed by atoms with Gasteiger partial charge in [0.05, 0.1) is 24.6 Å². The van der Waals surface area contributed by atoms with Gasteiger partial charge in [0.25, 0.3) is 5.56 Å². The molecule has 0 atom stereocenters. The molecule has 180 valence electrons. The number of aryl methyl sites for hydroxylation is 1. The van der Waals surface area contributed by atoms with Crippen LogP contribution in [0.25, 0.3) is 0 Å². The van der Waals surface area contributed by atoms with Crippen LogP contribution in [0.5, 0.6) is 0 Å². The second-order valence-corrected chi connectivity index (χ2v) is 8.73. The van der Waals surface area contributed by atoms with Crippen molar-refractivity contribution in [3.8, 4) is 0 Å². The predicted molar refractivity (Wildman–Crippen MR) is 127 cm³/mol. The molecule has 4 rings (SSSR count). The molecule has 1 aromatic heterocycles. The first-order valence-electron chi connectivity index (χ1n) is 11.6. The maximum Gasteiger partial charge on any atom is 0.416 e. The number of aromatic nitrogens is 2. The van der Waals surface area contributed by atoms with Crippen LogP contribution >= 0.6 is 0 Å². The summed E-state index contributed by atoms with van der Waals surface area (Å²) in [5.41, 5.74) is 1.70. The normalized spacial score (nSPS) is 14.3. The molecule has 0 N–H and O–H groups in total. The average Bonchev–Trinajstić information content (AvgIpc) is 2.82. The quantitative estimate of drug-likeness (QED) is 0.414.